The van der Waals surface area contributed by atoms with Crippen LogP contribution in [-0.4, -0.2) is 0 Å². The Bertz CT molecular complexity index is 388. The van der Waals surface area contributed by atoms with Crippen molar-refractivity contribution in [1.82, 2.24) is 0 Å². The van der Waals surface area contributed by atoms with Crippen LogP contribution in [0.2, 0.25) is 0 Å². The molecule has 0 saturated heterocycles. The van der Waals surface area contributed by atoms with Crippen LogP contribution in [0.3, 0.4) is 0 Å². The molecule has 0 unspecified atom stereocenters. The predicted octanol–water partition coefficient (Wildman–Crippen LogP) is 2.67. The van der Waals surface area contributed by atoms with Gasteiger partial charge in [0.15, 0.2) is 0 Å². The number of nitrogens with two attached hydrogens (primary N) is 1. The smallest absolute Gasteiger partial charge is 0.0131 e. The Kier molecular flexibility index (Phi) is 2.32. The number of benzene rings is 1. The second-order valence-corrected chi connectivity index (χ2v) is 3.92. The largest absolute Gasteiger partial charge is 0.402 e. The first-order valence-electron chi connectivity index (χ1n) is 5.35. The lowest BCUT2D eigenvalue weighted by Gasteiger charge is -2.08. The van der Waals surface area contributed by atoms with Crippen LogP contribution < -0.4 is 5.73 Å². The Morgan fingerprint density at radius 2 is 1.79 bits per heavy atom. The van der Waals surface area contributed by atoms with Gasteiger partial charge >= 0.3 is 0 Å². The summed E-state index contributed by atoms with van der Waals surface area (Å²) in [5.41, 5.74) is 12.5. The van der Waals surface area contributed by atoms with Crippen LogP contribution >= 0.6 is 0 Å². The van der Waals surface area contributed by atoms with Gasteiger partial charge in [0.1, 0.15) is 0 Å². The minimum atomic E-state index is 0.937. The van der Waals surface area contributed by atoms with E-state index in [0.29, 0.717) is 0 Å². The van der Waals surface area contributed by atoms with Crippen molar-refractivity contribution >= 4 is 6.08 Å². The first-order valence-corrected chi connectivity index (χ1v) is 5.35. The fraction of sp³-hybridized carbons (Fsp3) is 0.385. The molecule has 74 valence electrons. The molecule has 0 heterocycles. The summed E-state index contributed by atoms with van der Waals surface area (Å²) in [6.45, 7) is 4.43. The number of hydrogen-bond donors (Lipinski definition) is 1. The molecule has 2 rings (SSSR count). The van der Waals surface area contributed by atoms with E-state index in [-0.39, 0.29) is 0 Å². The molecule has 1 heteroatoms. The Morgan fingerprint density at radius 1 is 1.14 bits per heavy atom. The first kappa shape index (κ1) is 9.32. The quantitative estimate of drug-likeness (QED) is 0.756. The molecule has 0 saturated carbocycles. The molecule has 0 bridgehead atoms. The van der Waals surface area contributed by atoms with E-state index >= 15 is 0 Å². The monoisotopic (exact) mass is 187 g/mol. The second kappa shape index (κ2) is 3.49. The maximum atomic E-state index is 5.83. The molecule has 0 fully saturated rings. The lowest BCUT2D eigenvalue weighted by atomic mass is 9.97. The van der Waals surface area contributed by atoms with Gasteiger partial charge in [0.05, 0.1) is 0 Å². The van der Waals surface area contributed by atoms with Gasteiger partial charge in [-0.2, -0.15) is 0 Å². The Balaban J connectivity index is 2.49. The fourth-order valence-electron chi connectivity index (χ4n) is 2.18. The molecule has 0 aliphatic heterocycles. The molecule has 2 N–H and O–H groups in total. The Morgan fingerprint density at radius 3 is 2.43 bits per heavy atom. The van der Waals surface area contributed by atoms with E-state index in [1.807, 2.05) is 0 Å². The summed E-state index contributed by atoms with van der Waals surface area (Å²) >= 11 is 0. The average Bonchev–Trinajstić information content (AvgIpc) is 2.54. The maximum absolute atomic E-state index is 5.83. The van der Waals surface area contributed by atoms with Crippen molar-refractivity contribution in [3.05, 3.63) is 40.1 Å². The van der Waals surface area contributed by atoms with Crippen LogP contribution in [0.15, 0.2) is 17.8 Å². The minimum absolute atomic E-state index is 0.937. The highest BCUT2D eigenvalue weighted by Gasteiger charge is 2.12. The zero-order valence-electron chi connectivity index (χ0n) is 8.93. The number of rotatable bonds is 2. The third-order valence-electron chi connectivity index (χ3n) is 2.96. The molecule has 14 heavy (non-hydrogen) atoms. The van der Waals surface area contributed by atoms with E-state index < -0.39 is 0 Å². The van der Waals surface area contributed by atoms with E-state index in [2.05, 4.69) is 32.1 Å². The summed E-state index contributed by atoms with van der Waals surface area (Å²) in [6, 6.07) is 4.62. The number of aryl methyl sites for hydroxylation is 2. The summed E-state index contributed by atoms with van der Waals surface area (Å²) < 4.78 is 0. The van der Waals surface area contributed by atoms with Crippen LogP contribution in [0.5, 0.6) is 0 Å². The molecule has 1 nitrogen and oxygen atoms in total. The van der Waals surface area contributed by atoms with Crippen molar-refractivity contribution in [2.24, 2.45) is 5.73 Å². The van der Waals surface area contributed by atoms with E-state index in [0.717, 1.165) is 25.0 Å². The number of allylic oxidation sites excluding steroid dienone is 1. The van der Waals surface area contributed by atoms with Crippen LogP contribution in [0.1, 0.15) is 36.1 Å². The number of fused-ring (bicyclic) bond motifs is 1. The SMILES string of the molecule is CCc1cc2c(cc1CC)CC(N)=C2. The zero-order valence-corrected chi connectivity index (χ0v) is 8.93. The summed E-state index contributed by atoms with van der Waals surface area (Å²) in [7, 11) is 0. The van der Waals surface area contributed by atoms with Gasteiger partial charge in [0.25, 0.3) is 0 Å². The van der Waals surface area contributed by atoms with Gasteiger partial charge in [-0.15, -0.1) is 0 Å². The van der Waals surface area contributed by atoms with Crippen molar-refractivity contribution in [3.63, 3.8) is 0 Å². The molecular formula is C13H17N. The molecule has 1 aromatic carbocycles. The van der Waals surface area contributed by atoms with Gasteiger partial charge in [0, 0.05) is 12.1 Å². The van der Waals surface area contributed by atoms with Gasteiger partial charge in [0.2, 0.25) is 0 Å². The van der Waals surface area contributed by atoms with Crippen LogP contribution in [-0.2, 0) is 19.3 Å². The predicted molar refractivity (Wildman–Crippen MR) is 61.1 cm³/mol. The molecule has 0 radical (unpaired) electrons. The average molecular weight is 187 g/mol. The van der Waals surface area contributed by atoms with Gasteiger partial charge < -0.3 is 5.73 Å². The summed E-state index contributed by atoms with van der Waals surface area (Å²) in [4.78, 5) is 0. The first-order chi connectivity index (χ1) is 6.74. The van der Waals surface area contributed by atoms with E-state index in [4.69, 9.17) is 5.73 Å². The highest BCUT2D eigenvalue weighted by Crippen LogP contribution is 2.26. The normalized spacial score (nSPS) is 14.0. The summed E-state index contributed by atoms with van der Waals surface area (Å²) in [6.07, 6.45) is 5.28. The molecular weight excluding hydrogens is 170 g/mol. The number of hydrogen-bond acceptors (Lipinski definition) is 1. The van der Waals surface area contributed by atoms with Crippen LogP contribution in [0.25, 0.3) is 6.08 Å². The summed E-state index contributed by atoms with van der Waals surface area (Å²) in [5.74, 6) is 0. The Labute approximate surface area is 85.6 Å². The highest BCUT2D eigenvalue weighted by atomic mass is 14.6. The van der Waals surface area contributed by atoms with Gasteiger partial charge in [-0.3, -0.25) is 0 Å². The molecule has 0 aromatic heterocycles. The third kappa shape index (κ3) is 1.43. The standard InChI is InChI=1S/C13H17N/c1-3-9-5-11-7-13(14)8-12(11)6-10(9)4-2/h5-7H,3-4,8,14H2,1-2H3. The van der Waals surface area contributed by atoms with Crippen LogP contribution in [0, 0.1) is 0 Å². The molecule has 1 aromatic rings. The fourth-order valence-corrected chi connectivity index (χ4v) is 2.18. The van der Waals surface area contributed by atoms with E-state index in [1.54, 1.807) is 0 Å². The molecule has 0 amide bonds. The molecule has 0 spiro atoms. The van der Waals surface area contributed by atoms with Crippen LogP contribution in [0.4, 0.5) is 0 Å². The highest BCUT2D eigenvalue weighted by molar-refractivity contribution is 5.64. The van der Waals surface area contributed by atoms with Crippen molar-refractivity contribution in [3.8, 4) is 0 Å². The van der Waals surface area contributed by atoms with E-state index in [1.165, 1.54) is 22.3 Å². The zero-order chi connectivity index (χ0) is 10.1. The molecule has 1 aliphatic carbocycles. The summed E-state index contributed by atoms with van der Waals surface area (Å²) in [5, 5.41) is 0. The van der Waals surface area contributed by atoms with Gasteiger partial charge in [-0.05, 0) is 41.2 Å². The Hall–Kier alpha value is -1.24. The lowest BCUT2D eigenvalue weighted by Crippen LogP contribution is -1.97. The topological polar surface area (TPSA) is 26.0 Å². The molecule has 0 atom stereocenters. The third-order valence-corrected chi connectivity index (χ3v) is 2.96. The van der Waals surface area contributed by atoms with Crippen molar-refractivity contribution in [2.45, 2.75) is 33.1 Å². The van der Waals surface area contributed by atoms with Crippen molar-refractivity contribution in [1.29, 1.82) is 0 Å². The van der Waals surface area contributed by atoms with Crippen molar-refractivity contribution < 1.29 is 0 Å². The lowest BCUT2D eigenvalue weighted by molar-refractivity contribution is 1.02. The van der Waals surface area contributed by atoms with Gasteiger partial charge in [-0.25, -0.2) is 0 Å². The maximum Gasteiger partial charge on any atom is 0.0131 e. The van der Waals surface area contributed by atoms with Gasteiger partial charge in [-0.1, -0.05) is 26.0 Å². The van der Waals surface area contributed by atoms with Crippen molar-refractivity contribution in [2.75, 3.05) is 0 Å². The molecule has 1 aliphatic rings. The second-order valence-electron chi connectivity index (χ2n) is 3.92. The minimum Gasteiger partial charge on any atom is -0.402 e. The van der Waals surface area contributed by atoms with E-state index in [9.17, 15) is 0 Å².